The van der Waals surface area contributed by atoms with E-state index in [1.807, 2.05) is 36.4 Å². The number of nitrogens with zero attached hydrogens (tertiary/aromatic N) is 2. The molecule has 3 aromatic rings. The van der Waals surface area contributed by atoms with Gasteiger partial charge in [0.05, 0.1) is 16.9 Å². The van der Waals surface area contributed by atoms with Gasteiger partial charge in [-0.25, -0.2) is 0 Å². The van der Waals surface area contributed by atoms with Crippen molar-refractivity contribution in [1.82, 2.24) is 4.98 Å². The molecule has 2 nitrogen and oxygen atoms in total. The molecule has 0 N–H and O–H groups in total. The molecule has 0 spiro atoms. The van der Waals surface area contributed by atoms with Crippen LogP contribution >= 0.6 is 0 Å². The van der Waals surface area contributed by atoms with Crippen LogP contribution in [0.2, 0.25) is 0 Å². The number of fused-ring (bicyclic) bond motifs is 1. The smallest absolute Gasteiger partial charge is 0.0754 e. The zero-order valence-corrected chi connectivity index (χ0v) is 9.62. The van der Waals surface area contributed by atoms with Crippen LogP contribution in [0.25, 0.3) is 10.9 Å². The van der Waals surface area contributed by atoms with Gasteiger partial charge in [0.15, 0.2) is 0 Å². The molecule has 0 fully saturated rings. The topological polar surface area (TPSA) is 16.1 Å². The third-order valence-corrected chi connectivity index (χ3v) is 2.80. The zero-order chi connectivity index (χ0) is 12.4. The summed E-state index contributed by atoms with van der Waals surface area (Å²) in [6, 6.07) is 18.0. The molecule has 3 rings (SSSR count). The van der Waals surface area contributed by atoms with Crippen molar-refractivity contribution in [2.75, 3.05) is 5.12 Å². The molecule has 1 aromatic heterocycles. The molecule has 0 bridgehead atoms. The largest absolute Gasteiger partial charge is 0.256 e. The van der Waals surface area contributed by atoms with E-state index >= 15 is 0 Å². The van der Waals surface area contributed by atoms with Crippen LogP contribution in [0.15, 0.2) is 66.9 Å². The van der Waals surface area contributed by atoms with Gasteiger partial charge in [-0.3, -0.25) is 4.98 Å². The number of aromatic nitrogens is 1. The summed E-state index contributed by atoms with van der Waals surface area (Å²) in [5, 5.41) is 1.60. The van der Waals surface area contributed by atoms with Crippen LogP contribution in [0.4, 0.5) is 15.9 Å². The molecule has 0 radical (unpaired) electrons. The summed E-state index contributed by atoms with van der Waals surface area (Å²) in [5.74, 6) is 0. The number of para-hydroxylation sites is 1. The Morgan fingerprint density at radius 2 is 1.67 bits per heavy atom. The first-order chi connectivity index (χ1) is 8.84. The van der Waals surface area contributed by atoms with Gasteiger partial charge in [0.2, 0.25) is 0 Å². The van der Waals surface area contributed by atoms with Crippen molar-refractivity contribution in [3.8, 4) is 0 Å². The van der Waals surface area contributed by atoms with Crippen LogP contribution in [0.5, 0.6) is 0 Å². The summed E-state index contributed by atoms with van der Waals surface area (Å²) < 4.78 is 14.2. The van der Waals surface area contributed by atoms with E-state index in [1.165, 1.54) is 0 Å². The summed E-state index contributed by atoms with van der Waals surface area (Å²) in [7, 11) is 0. The van der Waals surface area contributed by atoms with Gasteiger partial charge in [-0.1, -0.05) is 28.7 Å². The standard InChI is InChI=1S/C15H11FN2/c16-18(13-6-2-1-3-7-13)14-8-9-15-12(11-14)5-4-10-17-15/h1-11H. The fourth-order valence-electron chi connectivity index (χ4n) is 1.89. The second kappa shape index (κ2) is 4.45. The molecule has 0 aliphatic carbocycles. The number of hydrogen-bond acceptors (Lipinski definition) is 2. The Hall–Kier alpha value is -2.42. The first-order valence-electron chi connectivity index (χ1n) is 5.70. The normalized spacial score (nSPS) is 10.5. The number of halogens is 1. The Morgan fingerprint density at radius 3 is 2.50 bits per heavy atom. The van der Waals surface area contributed by atoms with E-state index in [4.69, 9.17) is 0 Å². The summed E-state index contributed by atoms with van der Waals surface area (Å²) in [5.41, 5.74) is 1.88. The third kappa shape index (κ3) is 1.91. The zero-order valence-electron chi connectivity index (χ0n) is 9.62. The highest BCUT2D eigenvalue weighted by atomic mass is 19.2. The van der Waals surface area contributed by atoms with Crippen LogP contribution in [-0.2, 0) is 0 Å². The molecular weight excluding hydrogens is 227 g/mol. The van der Waals surface area contributed by atoms with E-state index in [2.05, 4.69) is 4.98 Å². The molecular formula is C15H11FN2. The number of benzene rings is 2. The van der Waals surface area contributed by atoms with Crippen LogP contribution in [0, 0.1) is 0 Å². The lowest BCUT2D eigenvalue weighted by Crippen LogP contribution is -2.02. The van der Waals surface area contributed by atoms with Gasteiger partial charge >= 0.3 is 0 Å². The predicted octanol–water partition coefficient (Wildman–Crippen LogP) is 4.26. The van der Waals surface area contributed by atoms with Crippen molar-refractivity contribution in [2.45, 2.75) is 0 Å². The van der Waals surface area contributed by atoms with E-state index in [9.17, 15) is 4.48 Å². The Morgan fingerprint density at radius 1 is 0.833 bits per heavy atom. The van der Waals surface area contributed by atoms with Crippen LogP contribution in [0.3, 0.4) is 0 Å². The monoisotopic (exact) mass is 238 g/mol. The number of rotatable bonds is 2. The minimum Gasteiger partial charge on any atom is -0.256 e. The summed E-state index contributed by atoms with van der Waals surface area (Å²) in [6.45, 7) is 0. The Labute approximate surface area is 104 Å². The first-order valence-corrected chi connectivity index (χ1v) is 5.70. The van der Waals surface area contributed by atoms with Crippen molar-refractivity contribution in [1.29, 1.82) is 0 Å². The predicted molar refractivity (Wildman–Crippen MR) is 71.4 cm³/mol. The fraction of sp³-hybridized carbons (Fsp3) is 0. The maximum Gasteiger partial charge on any atom is 0.0754 e. The molecule has 0 unspecified atom stereocenters. The average molecular weight is 238 g/mol. The molecule has 88 valence electrons. The molecule has 0 aliphatic rings. The van der Waals surface area contributed by atoms with Crippen LogP contribution in [0.1, 0.15) is 0 Å². The molecule has 0 saturated carbocycles. The van der Waals surface area contributed by atoms with E-state index in [-0.39, 0.29) is 0 Å². The highest BCUT2D eigenvalue weighted by Crippen LogP contribution is 2.27. The lowest BCUT2D eigenvalue weighted by Gasteiger charge is -2.14. The van der Waals surface area contributed by atoms with Gasteiger partial charge in [0, 0.05) is 11.6 Å². The quantitative estimate of drug-likeness (QED) is 0.620. The first kappa shape index (κ1) is 10.7. The van der Waals surface area contributed by atoms with Gasteiger partial charge < -0.3 is 0 Å². The SMILES string of the molecule is FN(c1ccccc1)c1ccc2ncccc2c1. The third-order valence-electron chi connectivity index (χ3n) is 2.80. The Bertz CT molecular complexity index is 667. The number of anilines is 2. The highest BCUT2D eigenvalue weighted by Gasteiger charge is 2.08. The Balaban J connectivity index is 2.04. The highest BCUT2D eigenvalue weighted by molar-refractivity contribution is 5.83. The van der Waals surface area contributed by atoms with E-state index in [1.54, 1.807) is 30.5 Å². The maximum absolute atomic E-state index is 14.2. The lowest BCUT2D eigenvalue weighted by molar-refractivity contribution is 0.505. The van der Waals surface area contributed by atoms with Crippen molar-refractivity contribution < 1.29 is 4.48 Å². The average Bonchev–Trinajstić information content (AvgIpc) is 2.47. The molecule has 3 heteroatoms. The summed E-state index contributed by atoms with van der Waals surface area (Å²) in [6.07, 6.45) is 1.73. The van der Waals surface area contributed by atoms with Gasteiger partial charge in [0.1, 0.15) is 0 Å². The molecule has 0 amide bonds. The van der Waals surface area contributed by atoms with E-state index < -0.39 is 0 Å². The van der Waals surface area contributed by atoms with Gasteiger partial charge in [-0.05, 0) is 36.4 Å². The molecule has 0 saturated heterocycles. The van der Waals surface area contributed by atoms with Gasteiger partial charge in [-0.2, -0.15) is 5.12 Å². The molecule has 18 heavy (non-hydrogen) atoms. The van der Waals surface area contributed by atoms with E-state index in [0.717, 1.165) is 10.9 Å². The fourth-order valence-corrected chi connectivity index (χ4v) is 1.89. The molecule has 1 heterocycles. The second-order valence-electron chi connectivity index (χ2n) is 4.00. The summed E-state index contributed by atoms with van der Waals surface area (Å²) in [4.78, 5) is 4.21. The van der Waals surface area contributed by atoms with Crippen molar-refractivity contribution in [2.24, 2.45) is 0 Å². The van der Waals surface area contributed by atoms with E-state index in [0.29, 0.717) is 16.5 Å². The van der Waals surface area contributed by atoms with Crippen LogP contribution < -0.4 is 5.12 Å². The Kier molecular flexibility index (Phi) is 2.65. The van der Waals surface area contributed by atoms with Crippen molar-refractivity contribution in [3.05, 3.63) is 66.9 Å². The molecule has 0 aliphatic heterocycles. The minimum absolute atomic E-state index is 0.502. The second-order valence-corrected chi connectivity index (χ2v) is 4.00. The summed E-state index contributed by atoms with van der Waals surface area (Å²) >= 11 is 0. The number of pyridine rings is 1. The van der Waals surface area contributed by atoms with Crippen LogP contribution in [-0.4, -0.2) is 4.98 Å². The maximum atomic E-state index is 14.2. The minimum atomic E-state index is 0.502. The van der Waals surface area contributed by atoms with Gasteiger partial charge in [0.25, 0.3) is 0 Å². The molecule has 2 aromatic carbocycles. The van der Waals surface area contributed by atoms with Gasteiger partial charge in [-0.15, -0.1) is 0 Å². The lowest BCUT2D eigenvalue weighted by atomic mass is 10.2. The molecule has 0 atom stereocenters. The van der Waals surface area contributed by atoms with Crippen molar-refractivity contribution >= 4 is 22.3 Å². The van der Waals surface area contributed by atoms with Crippen molar-refractivity contribution in [3.63, 3.8) is 0 Å². The number of hydrogen-bond donors (Lipinski definition) is 0.